The first kappa shape index (κ1) is 12.8. The largest absolute Gasteiger partial charge is 0.465 e. The maximum atomic E-state index is 11.7. The molecule has 0 bridgehead atoms. The predicted octanol–water partition coefficient (Wildman–Crippen LogP) is 1.62. The summed E-state index contributed by atoms with van der Waals surface area (Å²) in [5.74, 6) is 0.250. The Kier molecular flexibility index (Phi) is 4.40. The molecule has 98 valence electrons. The van der Waals surface area contributed by atoms with Crippen LogP contribution in [-0.4, -0.2) is 31.3 Å². The number of hydrogen-bond acceptors (Lipinski definition) is 4. The quantitative estimate of drug-likeness (QED) is 0.760. The molecule has 0 aromatic heterocycles. The van der Waals surface area contributed by atoms with Gasteiger partial charge in [-0.15, -0.1) is 0 Å². The minimum absolute atomic E-state index is 0.138. The molecule has 1 saturated heterocycles. The van der Waals surface area contributed by atoms with Gasteiger partial charge in [0.25, 0.3) is 0 Å². The predicted molar refractivity (Wildman–Crippen MR) is 64.5 cm³/mol. The third-order valence-corrected chi connectivity index (χ3v) is 3.85. The van der Waals surface area contributed by atoms with Gasteiger partial charge in [-0.3, -0.25) is 4.79 Å². The van der Waals surface area contributed by atoms with Crippen molar-refractivity contribution >= 4 is 5.97 Å². The van der Waals surface area contributed by atoms with Crippen LogP contribution in [0.1, 0.15) is 44.9 Å². The van der Waals surface area contributed by atoms with Gasteiger partial charge in [-0.25, -0.2) is 0 Å². The van der Waals surface area contributed by atoms with Crippen LogP contribution in [-0.2, 0) is 14.3 Å². The van der Waals surface area contributed by atoms with Crippen LogP contribution in [0.5, 0.6) is 0 Å². The normalized spacial score (nSPS) is 27.9. The van der Waals surface area contributed by atoms with Gasteiger partial charge in [0.05, 0.1) is 19.6 Å². The highest BCUT2D eigenvalue weighted by atomic mass is 16.5. The summed E-state index contributed by atoms with van der Waals surface area (Å²) in [6.07, 6.45) is 6.80. The Morgan fingerprint density at radius 3 is 2.76 bits per heavy atom. The molecule has 1 aliphatic heterocycles. The molecule has 1 atom stereocenters. The third-order valence-electron chi connectivity index (χ3n) is 3.85. The summed E-state index contributed by atoms with van der Waals surface area (Å²) < 4.78 is 10.5. The Morgan fingerprint density at radius 1 is 1.35 bits per heavy atom. The molecule has 1 aliphatic carbocycles. The maximum absolute atomic E-state index is 11.7. The van der Waals surface area contributed by atoms with E-state index in [9.17, 15) is 4.79 Å². The van der Waals surface area contributed by atoms with Crippen molar-refractivity contribution in [1.82, 2.24) is 0 Å². The lowest BCUT2D eigenvalue weighted by Crippen LogP contribution is -2.44. The SMILES string of the molecule is NC1(CC(=O)OCC2CCOC2)CCCCC1. The number of esters is 1. The lowest BCUT2D eigenvalue weighted by molar-refractivity contribution is -0.146. The summed E-state index contributed by atoms with van der Waals surface area (Å²) in [4.78, 5) is 11.7. The lowest BCUT2D eigenvalue weighted by Gasteiger charge is -2.32. The van der Waals surface area contributed by atoms with Crippen LogP contribution >= 0.6 is 0 Å². The Morgan fingerprint density at radius 2 is 2.12 bits per heavy atom. The molecule has 2 fully saturated rings. The second-order valence-corrected chi connectivity index (χ2v) is 5.51. The van der Waals surface area contributed by atoms with Crippen molar-refractivity contribution in [3.8, 4) is 0 Å². The molecule has 0 amide bonds. The van der Waals surface area contributed by atoms with Crippen molar-refractivity contribution in [2.24, 2.45) is 11.7 Å². The molecule has 2 rings (SSSR count). The van der Waals surface area contributed by atoms with E-state index < -0.39 is 0 Å². The van der Waals surface area contributed by atoms with E-state index >= 15 is 0 Å². The number of carbonyl (C=O) groups excluding carboxylic acids is 1. The highest BCUT2D eigenvalue weighted by Crippen LogP contribution is 2.29. The van der Waals surface area contributed by atoms with Gasteiger partial charge in [-0.05, 0) is 19.3 Å². The van der Waals surface area contributed by atoms with Crippen LogP contribution in [0.3, 0.4) is 0 Å². The van der Waals surface area contributed by atoms with Gasteiger partial charge >= 0.3 is 5.97 Å². The molecule has 2 N–H and O–H groups in total. The number of rotatable bonds is 4. The van der Waals surface area contributed by atoms with Crippen LogP contribution in [0.25, 0.3) is 0 Å². The fourth-order valence-electron chi connectivity index (χ4n) is 2.70. The van der Waals surface area contributed by atoms with Gasteiger partial charge in [0.2, 0.25) is 0 Å². The molecule has 4 nitrogen and oxygen atoms in total. The molecule has 0 radical (unpaired) electrons. The Balaban J connectivity index is 1.68. The van der Waals surface area contributed by atoms with Crippen molar-refractivity contribution in [3.63, 3.8) is 0 Å². The molecule has 1 heterocycles. The summed E-state index contributed by atoms with van der Waals surface area (Å²) in [6.45, 7) is 2.01. The van der Waals surface area contributed by atoms with E-state index in [1.165, 1.54) is 6.42 Å². The minimum Gasteiger partial charge on any atom is -0.465 e. The summed E-state index contributed by atoms with van der Waals surface area (Å²) >= 11 is 0. The van der Waals surface area contributed by atoms with E-state index in [4.69, 9.17) is 15.2 Å². The molecule has 0 aromatic carbocycles. The van der Waals surface area contributed by atoms with Gasteiger partial charge in [0.15, 0.2) is 0 Å². The molecule has 0 spiro atoms. The second-order valence-electron chi connectivity index (χ2n) is 5.51. The third kappa shape index (κ3) is 3.96. The first-order chi connectivity index (χ1) is 8.18. The van der Waals surface area contributed by atoms with Gasteiger partial charge in [0.1, 0.15) is 0 Å². The Hall–Kier alpha value is -0.610. The summed E-state index contributed by atoms with van der Waals surface area (Å²) in [5, 5.41) is 0. The molecule has 1 saturated carbocycles. The first-order valence-corrected chi connectivity index (χ1v) is 6.70. The van der Waals surface area contributed by atoms with E-state index in [1.54, 1.807) is 0 Å². The number of nitrogens with two attached hydrogens (primary N) is 1. The maximum Gasteiger partial charge on any atom is 0.307 e. The Labute approximate surface area is 103 Å². The summed E-state index contributed by atoms with van der Waals surface area (Å²) in [6, 6.07) is 0. The topological polar surface area (TPSA) is 61.6 Å². The van der Waals surface area contributed by atoms with Crippen LogP contribution < -0.4 is 5.73 Å². The average Bonchev–Trinajstić information content (AvgIpc) is 2.79. The van der Waals surface area contributed by atoms with Gasteiger partial charge in [0, 0.05) is 18.1 Å². The van der Waals surface area contributed by atoms with Crippen LogP contribution in [0.15, 0.2) is 0 Å². The van der Waals surface area contributed by atoms with Crippen LogP contribution in [0.4, 0.5) is 0 Å². The molecule has 0 aromatic rings. The molecule has 17 heavy (non-hydrogen) atoms. The second kappa shape index (κ2) is 5.83. The highest BCUT2D eigenvalue weighted by Gasteiger charge is 2.31. The van der Waals surface area contributed by atoms with Crippen LogP contribution in [0, 0.1) is 5.92 Å². The first-order valence-electron chi connectivity index (χ1n) is 6.70. The van der Waals surface area contributed by atoms with E-state index in [2.05, 4.69) is 0 Å². The highest BCUT2D eigenvalue weighted by molar-refractivity contribution is 5.70. The zero-order chi connectivity index (χ0) is 12.1. The van der Waals surface area contributed by atoms with Gasteiger partial charge < -0.3 is 15.2 Å². The van der Waals surface area contributed by atoms with Gasteiger partial charge in [-0.2, -0.15) is 0 Å². The Bertz CT molecular complexity index is 255. The minimum atomic E-state index is -0.304. The molecular formula is C13H23NO3. The van der Waals surface area contributed by atoms with Crippen LogP contribution in [0.2, 0.25) is 0 Å². The van der Waals surface area contributed by atoms with E-state index in [1.807, 2.05) is 0 Å². The molecular weight excluding hydrogens is 218 g/mol. The van der Waals surface area contributed by atoms with Crippen molar-refractivity contribution in [2.45, 2.75) is 50.5 Å². The number of carbonyl (C=O) groups is 1. The monoisotopic (exact) mass is 241 g/mol. The van der Waals surface area contributed by atoms with E-state index in [0.29, 0.717) is 18.9 Å². The molecule has 4 heteroatoms. The fraction of sp³-hybridized carbons (Fsp3) is 0.923. The van der Waals surface area contributed by atoms with Crippen molar-refractivity contribution < 1.29 is 14.3 Å². The van der Waals surface area contributed by atoms with Crippen molar-refractivity contribution in [1.29, 1.82) is 0 Å². The van der Waals surface area contributed by atoms with Gasteiger partial charge in [-0.1, -0.05) is 19.3 Å². The molecule has 2 aliphatic rings. The number of ether oxygens (including phenoxy) is 2. The number of hydrogen-bond donors (Lipinski definition) is 1. The van der Waals surface area contributed by atoms with Crippen molar-refractivity contribution in [3.05, 3.63) is 0 Å². The van der Waals surface area contributed by atoms with E-state index in [-0.39, 0.29) is 11.5 Å². The lowest BCUT2D eigenvalue weighted by atomic mass is 9.80. The smallest absolute Gasteiger partial charge is 0.307 e. The fourth-order valence-corrected chi connectivity index (χ4v) is 2.70. The zero-order valence-corrected chi connectivity index (χ0v) is 10.5. The zero-order valence-electron chi connectivity index (χ0n) is 10.5. The standard InChI is InChI=1S/C13H23NO3/c14-13(5-2-1-3-6-13)8-12(15)17-10-11-4-7-16-9-11/h11H,1-10,14H2. The van der Waals surface area contributed by atoms with E-state index in [0.717, 1.165) is 45.3 Å². The summed E-state index contributed by atoms with van der Waals surface area (Å²) in [7, 11) is 0. The summed E-state index contributed by atoms with van der Waals surface area (Å²) in [5.41, 5.74) is 5.91. The van der Waals surface area contributed by atoms with Crippen molar-refractivity contribution in [2.75, 3.05) is 19.8 Å². The molecule has 1 unspecified atom stereocenters. The average molecular weight is 241 g/mol.